The number of fused-ring (bicyclic) bond motifs is 1. The minimum Gasteiger partial charge on any atom is -0.497 e. The smallest absolute Gasteiger partial charge is 0.254 e. The Balaban J connectivity index is 1.45. The lowest BCUT2D eigenvalue weighted by molar-refractivity contribution is -0.123. The van der Waals surface area contributed by atoms with Crippen molar-refractivity contribution in [3.63, 3.8) is 0 Å². The van der Waals surface area contributed by atoms with Crippen molar-refractivity contribution >= 4 is 17.5 Å². The molecular formula is C25H30N2O5. The Morgan fingerprint density at radius 3 is 2.22 bits per heavy atom. The van der Waals surface area contributed by atoms with E-state index in [0.29, 0.717) is 49.5 Å². The summed E-state index contributed by atoms with van der Waals surface area (Å²) in [6.07, 6.45) is 3.19. The van der Waals surface area contributed by atoms with Crippen LogP contribution in [0.25, 0.3) is 0 Å². The SMILES string of the molecule is COc1cc(OC)cc(C(=O)N2CCC(C(=O)N3CCCc4cccc(OC)c43)CC2)c1. The van der Waals surface area contributed by atoms with Gasteiger partial charge < -0.3 is 24.0 Å². The molecule has 0 unspecified atom stereocenters. The molecule has 7 nitrogen and oxygen atoms in total. The molecule has 0 N–H and O–H groups in total. The van der Waals surface area contributed by atoms with E-state index >= 15 is 0 Å². The number of rotatable bonds is 5. The van der Waals surface area contributed by atoms with Crippen LogP contribution in [0.15, 0.2) is 36.4 Å². The second-order valence-electron chi connectivity index (χ2n) is 8.23. The molecule has 0 atom stereocenters. The number of ether oxygens (including phenoxy) is 3. The Kier molecular flexibility index (Phi) is 6.53. The van der Waals surface area contributed by atoms with Gasteiger partial charge in [-0.3, -0.25) is 9.59 Å². The molecule has 0 spiro atoms. The summed E-state index contributed by atoms with van der Waals surface area (Å²) in [5.41, 5.74) is 2.59. The molecule has 170 valence electrons. The van der Waals surface area contributed by atoms with E-state index in [0.717, 1.165) is 29.8 Å². The molecule has 4 rings (SSSR count). The van der Waals surface area contributed by atoms with Crippen molar-refractivity contribution in [2.75, 3.05) is 45.9 Å². The van der Waals surface area contributed by atoms with Crippen molar-refractivity contribution in [3.8, 4) is 17.2 Å². The highest BCUT2D eigenvalue weighted by Gasteiger charge is 2.34. The number of piperidine rings is 1. The van der Waals surface area contributed by atoms with Gasteiger partial charge in [-0.1, -0.05) is 12.1 Å². The molecule has 0 bridgehead atoms. The number of carbonyl (C=O) groups excluding carboxylic acids is 2. The molecule has 2 aromatic rings. The largest absolute Gasteiger partial charge is 0.497 e. The molecule has 2 aliphatic heterocycles. The lowest BCUT2D eigenvalue weighted by atomic mass is 9.92. The third-order valence-electron chi connectivity index (χ3n) is 6.40. The highest BCUT2D eigenvalue weighted by molar-refractivity contribution is 5.98. The number of hydrogen-bond acceptors (Lipinski definition) is 5. The number of benzene rings is 2. The van der Waals surface area contributed by atoms with Crippen molar-refractivity contribution < 1.29 is 23.8 Å². The Morgan fingerprint density at radius 1 is 0.906 bits per heavy atom. The van der Waals surface area contributed by atoms with Crippen molar-refractivity contribution in [3.05, 3.63) is 47.5 Å². The zero-order valence-electron chi connectivity index (χ0n) is 18.9. The first-order valence-electron chi connectivity index (χ1n) is 11.0. The summed E-state index contributed by atoms with van der Waals surface area (Å²) in [5, 5.41) is 0. The van der Waals surface area contributed by atoms with Gasteiger partial charge in [0.25, 0.3) is 5.91 Å². The number of anilines is 1. The predicted octanol–water partition coefficient (Wildman–Crippen LogP) is 3.54. The molecule has 2 aliphatic rings. The van der Waals surface area contributed by atoms with Gasteiger partial charge in [-0.25, -0.2) is 0 Å². The number of aryl methyl sites for hydroxylation is 1. The van der Waals surface area contributed by atoms with E-state index in [-0.39, 0.29) is 17.7 Å². The standard InChI is InChI=1S/C25H30N2O5/c1-30-20-14-19(15-21(16-20)31-2)24(28)26-12-9-18(10-13-26)25(29)27-11-5-7-17-6-4-8-22(32-3)23(17)27/h4,6,8,14-16,18H,5,7,9-13H2,1-3H3. The van der Waals surface area contributed by atoms with Gasteiger partial charge >= 0.3 is 0 Å². The number of likely N-dealkylation sites (tertiary alicyclic amines) is 1. The van der Waals surface area contributed by atoms with Crippen molar-refractivity contribution in [1.29, 1.82) is 0 Å². The van der Waals surface area contributed by atoms with E-state index in [4.69, 9.17) is 14.2 Å². The maximum Gasteiger partial charge on any atom is 0.254 e. The van der Waals surface area contributed by atoms with E-state index < -0.39 is 0 Å². The fraction of sp³-hybridized carbons (Fsp3) is 0.440. The van der Waals surface area contributed by atoms with Gasteiger partial charge in [-0.15, -0.1) is 0 Å². The van der Waals surface area contributed by atoms with Crippen molar-refractivity contribution in [2.24, 2.45) is 5.92 Å². The first-order valence-corrected chi connectivity index (χ1v) is 11.0. The van der Waals surface area contributed by atoms with E-state index in [1.807, 2.05) is 21.9 Å². The number of carbonyl (C=O) groups is 2. The second-order valence-corrected chi connectivity index (χ2v) is 8.23. The van der Waals surface area contributed by atoms with Gasteiger partial charge in [0, 0.05) is 37.2 Å². The van der Waals surface area contributed by atoms with Crippen LogP contribution >= 0.6 is 0 Å². The van der Waals surface area contributed by atoms with Crippen molar-refractivity contribution in [2.45, 2.75) is 25.7 Å². The highest BCUT2D eigenvalue weighted by Crippen LogP contribution is 2.38. The summed E-state index contributed by atoms with van der Waals surface area (Å²) in [7, 11) is 4.77. The van der Waals surface area contributed by atoms with Crippen LogP contribution in [0.3, 0.4) is 0 Å². The average Bonchev–Trinajstić information content (AvgIpc) is 2.86. The minimum atomic E-state index is -0.102. The highest BCUT2D eigenvalue weighted by atomic mass is 16.5. The van der Waals surface area contributed by atoms with Crippen LogP contribution in [0.4, 0.5) is 5.69 Å². The Morgan fingerprint density at radius 2 is 1.59 bits per heavy atom. The molecule has 0 saturated carbocycles. The molecule has 7 heteroatoms. The molecule has 1 fully saturated rings. The lowest BCUT2D eigenvalue weighted by Crippen LogP contribution is -2.46. The fourth-order valence-electron chi connectivity index (χ4n) is 4.66. The summed E-state index contributed by atoms with van der Waals surface area (Å²) >= 11 is 0. The van der Waals surface area contributed by atoms with Crippen molar-refractivity contribution in [1.82, 2.24) is 4.90 Å². The zero-order valence-corrected chi connectivity index (χ0v) is 18.9. The second kappa shape index (κ2) is 9.51. The maximum atomic E-state index is 13.4. The van der Waals surface area contributed by atoms with E-state index in [1.165, 1.54) is 0 Å². The van der Waals surface area contributed by atoms with Crippen LogP contribution in [0.1, 0.15) is 35.2 Å². The molecule has 0 radical (unpaired) electrons. The summed E-state index contributed by atoms with van der Waals surface area (Å²) in [6.45, 7) is 1.79. The lowest BCUT2D eigenvalue weighted by Gasteiger charge is -2.37. The van der Waals surface area contributed by atoms with Gasteiger partial charge in [0.1, 0.15) is 17.2 Å². The number of nitrogens with zero attached hydrogens (tertiary/aromatic N) is 2. The molecule has 2 amide bonds. The Labute approximate surface area is 188 Å². The van der Waals surface area contributed by atoms with E-state index in [9.17, 15) is 9.59 Å². The number of methoxy groups -OCH3 is 3. The third-order valence-corrected chi connectivity index (χ3v) is 6.40. The van der Waals surface area contributed by atoms with Gasteiger partial charge in [0.2, 0.25) is 5.91 Å². The predicted molar refractivity (Wildman–Crippen MR) is 122 cm³/mol. The van der Waals surface area contributed by atoms with Crippen LogP contribution in [0, 0.1) is 5.92 Å². The van der Waals surface area contributed by atoms with Crippen LogP contribution in [-0.4, -0.2) is 57.7 Å². The molecule has 32 heavy (non-hydrogen) atoms. The first kappa shape index (κ1) is 22.0. The number of amides is 2. The fourth-order valence-corrected chi connectivity index (χ4v) is 4.66. The molecule has 1 saturated heterocycles. The van der Waals surface area contributed by atoms with Crippen LogP contribution in [0.5, 0.6) is 17.2 Å². The molecule has 0 aliphatic carbocycles. The third kappa shape index (κ3) is 4.24. The summed E-state index contributed by atoms with van der Waals surface area (Å²) in [4.78, 5) is 30.2. The summed E-state index contributed by atoms with van der Waals surface area (Å²) in [5.74, 6) is 1.86. The molecular weight excluding hydrogens is 408 g/mol. The first-order chi connectivity index (χ1) is 15.5. The van der Waals surface area contributed by atoms with E-state index in [1.54, 1.807) is 39.5 Å². The minimum absolute atomic E-state index is 0.0712. The van der Waals surface area contributed by atoms with Gasteiger partial charge in [-0.05, 0) is 49.4 Å². The van der Waals surface area contributed by atoms with Crippen LogP contribution < -0.4 is 19.1 Å². The van der Waals surface area contributed by atoms with Crippen LogP contribution in [0.2, 0.25) is 0 Å². The topological polar surface area (TPSA) is 68.3 Å². The summed E-state index contributed by atoms with van der Waals surface area (Å²) < 4.78 is 16.1. The molecule has 2 heterocycles. The quantitative estimate of drug-likeness (QED) is 0.714. The Bertz CT molecular complexity index is 961. The zero-order chi connectivity index (χ0) is 22.7. The Hall–Kier alpha value is -3.22. The van der Waals surface area contributed by atoms with E-state index in [2.05, 4.69) is 6.07 Å². The molecule has 0 aromatic heterocycles. The summed E-state index contributed by atoms with van der Waals surface area (Å²) in [6, 6.07) is 11.1. The molecule has 2 aromatic carbocycles. The monoisotopic (exact) mass is 438 g/mol. The van der Waals surface area contributed by atoms with Gasteiger partial charge in [-0.2, -0.15) is 0 Å². The van der Waals surface area contributed by atoms with Gasteiger partial charge in [0.05, 0.1) is 27.0 Å². The number of para-hydroxylation sites is 1. The maximum absolute atomic E-state index is 13.4. The average molecular weight is 439 g/mol. The normalized spacial score (nSPS) is 16.3. The van der Waals surface area contributed by atoms with Crippen LogP contribution in [-0.2, 0) is 11.2 Å². The number of hydrogen-bond donors (Lipinski definition) is 0. The van der Waals surface area contributed by atoms with Gasteiger partial charge in [0.15, 0.2) is 0 Å².